The number of rotatable bonds is 10. The van der Waals surface area contributed by atoms with E-state index < -0.39 is 21.9 Å². The molecule has 0 aliphatic heterocycles. The third-order valence-corrected chi connectivity index (χ3v) is 8.97. The number of carbonyl (C=O) groups excluding carboxylic acids is 2. The summed E-state index contributed by atoms with van der Waals surface area (Å²) >= 11 is 1.27. The smallest absolute Gasteiger partial charge is 0.338 e. The zero-order chi connectivity index (χ0) is 28.0. The highest BCUT2D eigenvalue weighted by atomic mass is 32.2. The first-order valence-corrected chi connectivity index (χ1v) is 14.7. The molecule has 0 radical (unpaired) electrons. The van der Waals surface area contributed by atoms with Gasteiger partial charge < -0.3 is 9.30 Å². The molecule has 1 heterocycles. The Morgan fingerprint density at radius 1 is 1.03 bits per heavy atom. The zero-order valence-electron chi connectivity index (χ0n) is 21.7. The van der Waals surface area contributed by atoms with Crippen molar-refractivity contribution < 1.29 is 22.7 Å². The van der Waals surface area contributed by atoms with Crippen LogP contribution >= 0.6 is 11.3 Å². The highest BCUT2D eigenvalue weighted by Crippen LogP contribution is 2.21. The molecule has 0 atom stereocenters. The summed E-state index contributed by atoms with van der Waals surface area (Å²) in [5, 5.41) is 0. The SMILES string of the molecule is C=CCn1c(=NC(=O)c2ccc(S(=O)(=O)N(CC)Cc3ccccc3)cc2)sc2cc(C(=O)OCC)ccc21. The van der Waals surface area contributed by atoms with Gasteiger partial charge in [-0.25, -0.2) is 13.2 Å². The molecule has 0 N–H and O–H groups in total. The van der Waals surface area contributed by atoms with Crippen LogP contribution in [0.25, 0.3) is 10.2 Å². The van der Waals surface area contributed by atoms with Gasteiger partial charge in [-0.15, -0.1) is 6.58 Å². The summed E-state index contributed by atoms with van der Waals surface area (Å²) in [6.45, 7) is 8.57. The molecular weight excluding hydrogens is 534 g/mol. The molecule has 0 aliphatic rings. The Hall–Kier alpha value is -3.86. The van der Waals surface area contributed by atoms with Gasteiger partial charge in [0, 0.05) is 25.2 Å². The van der Waals surface area contributed by atoms with Crippen molar-refractivity contribution in [2.75, 3.05) is 13.2 Å². The highest BCUT2D eigenvalue weighted by molar-refractivity contribution is 7.89. The van der Waals surface area contributed by atoms with Crippen molar-refractivity contribution >= 4 is 43.5 Å². The first-order valence-electron chi connectivity index (χ1n) is 12.4. The summed E-state index contributed by atoms with van der Waals surface area (Å²) in [6, 6.07) is 20.4. The van der Waals surface area contributed by atoms with E-state index >= 15 is 0 Å². The van der Waals surface area contributed by atoms with Crippen molar-refractivity contribution in [1.29, 1.82) is 0 Å². The molecule has 0 spiro atoms. The largest absolute Gasteiger partial charge is 0.462 e. The lowest BCUT2D eigenvalue weighted by molar-refractivity contribution is 0.0526. The van der Waals surface area contributed by atoms with Gasteiger partial charge >= 0.3 is 5.97 Å². The average Bonchev–Trinajstić information content (AvgIpc) is 3.28. The lowest BCUT2D eigenvalue weighted by Gasteiger charge is -2.20. The number of amides is 1. The van der Waals surface area contributed by atoms with Crippen LogP contribution in [0, 0.1) is 0 Å². The van der Waals surface area contributed by atoms with Crippen LogP contribution in [0.5, 0.6) is 0 Å². The molecule has 0 saturated carbocycles. The van der Waals surface area contributed by atoms with E-state index in [0.29, 0.717) is 23.5 Å². The van der Waals surface area contributed by atoms with Crippen LogP contribution in [-0.2, 0) is 27.8 Å². The zero-order valence-corrected chi connectivity index (χ0v) is 23.4. The summed E-state index contributed by atoms with van der Waals surface area (Å²) in [5.74, 6) is -0.927. The summed E-state index contributed by atoms with van der Waals surface area (Å²) in [4.78, 5) is 30.1. The number of carbonyl (C=O) groups is 2. The van der Waals surface area contributed by atoms with Crippen LogP contribution in [0.2, 0.25) is 0 Å². The fourth-order valence-corrected chi connectivity index (χ4v) is 6.54. The average molecular weight is 564 g/mol. The van der Waals surface area contributed by atoms with E-state index in [1.54, 1.807) is 38.1 Å². The molecular formula is C29H29N3O5S2. The first kappa shape index (κ1) is 28.2. The third kappa shape index (κ3) is 6.25. The van der Waals surface area contributed by atoms with E-state index in [2.05, 4.69) is 11.6 Å². The number of nitrogens with zero attached hydrogens (tertiary/aromatic N) is 3. The lowest BCUT2D eigenvalue weighted by Crippen LogP contribution is -2.30. The topological polar surface area (TPSA) is 98.0 Å². The van der Waals surface area contributed by atoms with Gasteiger partial charge in [0.2, 0.25) is 10.0 Å². The molecule has 0 aliphatic carbocycles. The Kier molecular flexibility index (Phi) is 8.90. The van der Waals surface area contributed by atoms with Crippen molar-refractivity contribution in [3.05, 3.63) is 107 Å². The predicted molar refractivity (Wildman–Crippen MR) is 152 cm³/mol. The van der Waals surface area contributed by atoms with Crippen molar-refractivity contribution in [2.45, 2.75) is 31.8 Å². The molecule has 4 aromatic rings. The molecule has 3 aromatic carbocycles. The van der Waals surface area contributed by atoms with E-state index in [9.17, 15) is 18.0 Å². The summed E-state index contributed by atoms with van der Waals surface area (Å²) < 4.78 is 35.6. The minimum Gasteiger partial charge on any atom is -0.462 e. The fourth-order valence-electron chi connectivity index (χ4n) is 4.03. The number of allylic oxidation sites excluding steroid dienone is 1. The number of hydrogen-bond acceptors (Lipinski definition) is 6. The molecule has 1 amide bonds. The normalized spacial score (nSPS) is 12.1. The Morgan fingerprint density at radius 3 is 2.36 bits per heavy atom. The molecule has 0 bridgehead atoms. The molecule has 1 aromatic heterocycles. The Morgan fingerprint density at radius 2 is 1.72 bits per heavy atom. The number of fused-ring (bicyclic) bond motifs is 1. The Balaban J connectivity index is 1.63. The van der Waals surface area contributed by atoms with Crippen LogP contribution in [0.3, 0.4) is 0 Å². The number of sulfonamides is 1. The van der Waals surface area contributed by atoms with Crippen molar-refractivity contribution in [2.24, 2.45) is 4.99 Å². The first-order chi connectivity index (χ1) is 18.8. The van der Waals surface area contributed by atoms with Crippen molar-refractivity contribution in [1.82, 2.24) is 8.87 Å². The second-order valence-electron chi connectivity index (χ2n) is 8.55. The molecule has 0 saturated heterocycles. The quantitative estimate of drug-likeness (QED) is 0.199. The number of thiazole rings is 1. The molecule has 39 heavy (non-hydrogen) atoms. The molecule has 4 rings (SSSR count). The summed E-state index contributed by atoms with van der Waals surface area (Å²) in [6.07, 6.45) is 1.70. The number of ether oxygens (including phenoxy) is 1. The van der Waals surface area contributed by atoms with Crippen molar-refractivity contribution in [3.63, 3.8) is 0 Å². The maximum atomic E-state index is 13.2. The molecule has 202 valence electrons. The number of esters is 1. The molecule has 8 nitrogen and oxygen atoms in total. The van der Waals surface area contributed by atoms with Crippen LogP contribution in [0.4, 0.5) is 0 Å². The van der Waals surface area contributed by atoms with Crippen LogP contribution in [-0.4, -0.2) is 42.3 Å². The van der Waals surface area contributed by atoms with E-state index in [4.69, 9.17) is 4.74 Å². The summed E-state index contributed by atoms with van der Waals surface area (Å²) in [5.41, 5.74) is 2.37. The van der Waals surface area contributed by atoms with Gasteiger partial charge in [-0.1, -0.05) is 54.7 Å². The third-order valence-electron chi connectivity index (χ3n) is 6.00. The van der Waals surface area contributed by atoms with Gasteiger partial charge in [0.15, 0.2) is 4.80 Å². The van der Waals surface area contributed by atoms with Crippen LogP contribution in [0.1, 0.15) is 40.1 Å². The van der Waals surface area contributed by atoms with Crippen molar-refractivity contribution in [3.8, 4) is 0 Å². The van der Waals surface area contributed by atoms with E-state index in [0.717, 1.165) is 15.8 Å². The highest BCUT2D eigenvalue weighted by Gasteiger charge is 2.23. The number of benzene rings is 3. The van der Waals surface area contributed by atoms with Crippen LogP contribution in [0.15, 0.2) is 95.3 Å². The Bertz CT molecular complexity index is 1670. The minimum atomic E-state index is -3.76. The van der Waals surface area contributed by atoms with Crippen LogP contribution < -0.4 is 4.80 Å². The standard InChI is InChI=1S/C29H29N3O5S2/c1-4-18-32-25-17-14-23(28(34)37-6-3)19-26(25)38-29(32)30-27(33)22-12-15-24(16-13-22)39(35,36)31(5-2)20-21-10-8-7-9-11-21/h4,7-17,19H,1,5-6,18,20H2,2-3H3. The van der Waals surface area contributed by atoms with E-state index in [1.807, 2.05) is 34.9 Å². The number of aromatic nitrogens is 1. The van der Waals surface area contributed by atoms with E-state index in [-0.39, 0.29) is 23.6 Å². The monoisotopic (exact) mass is 563 g/mol. The maximum absolute atomic E-state index is 13.2. The minimum absolute atomic E-state index is 0.104. The van der Waals surface area contributed by atoms with Gasteiger partial charge in [0.25, 0.3) is 5.91 Å². The van der Waals surface area contributed by atoms with Gasteiger partial charge in [0.1, 0.15) is 0 Å². The van der Waals surface area contributed by atoms with Gasteiger partial charge in [0.05, 0.1) is 27.3 Å². The second kappa shape index (κ2) is 12.3. The Labute approximate surface area is 231 Å². The lowest BCUT2D eigenvalue weighted by atomic mass is 10.2. The molecule has 0 fully saturated rings. The predicted octanol–water partition coefficient (Wildman–Crippen LogP) is 5.02. The second-order valence-corrected chi connectivity index (χ2v) is 11.5. The molecule has 0 unspecified atom stereocenters. The molecule has 10 heteroatoms. The maximum Gasteiger partial charge on any atom is 0.338 e. The fraction of sp³-hybridized carbons (Fsp3) is 0.207. The van der Waals surface area contributed by atoms with Gasteiger partial charge in [-0.05, 0) is 55.0 Å². The summed E-state index contributed by atoms with van der Waals surface area (Å²) in [7, 11) is -3.76. The van der Waals surface area contributed by atoms with E-state index in [1.165, 1.54) is 39.9 Å². The van der Waals surface area contributed by atoms with Gasteiger partial charge in [-0.2, -0.15) is 9.30 Å². The van der Waals surface area contributed by atoms with Gasteiger partial charge in [-0.3, -0.25) is 4.79 Å². The number of hydrogen-bond donors (Lipinski definition) is 0.